The van der Waals surface area contributed by atoms with E-state index in [9.17, 15) is 4.79 Å². The molecule has 0 atom stereocenters. The third-order valence-corrected chi connectivity index (χ3v) is 6.21. The smallest absolute Gasteiger partial charge is 0.227 e. The van der Waals surface area contributed by atoms with Gasteiger partial charge in [-0.2, -0.15) is 0 Å². The highest BCUT2D eigenvalue weighted by Crippen LogP contribution is 2.22. The van der Waals surface area contributed by atoms with E-state index >= 15 is 0 Å². The zero-order valence-electron chi connectivity index (χ0n) is 21.1. The lowest BCUT2D eigenvalue weighted by molar-refractivity contribution is 0.0847. The highest BCUT2D eigenvalue weighted by molar-refractivity contribution is 5.98. The topological polar surface area (TPSA) is 79.8 Å². The quantitative estimate of drug-likeness (QED) is 0.423. The van der Waals surface area contributed by atoms with E-state index in [-0.39, 0.29) is 12.4 Å². The number of methoxy groups -OCH3 is 2. The van der Waals surface area contributed by atoms with Crippen LogP contribution < -0.4 is 15.0 Å². The van der Waals surface area contributed by atoms with E-state index < -0.39 is 0 Å². The van der Waals surface area contributed by atoms with Crippen molar-refractivity contribution < 1.29 is 14.3 Å². The van der Waals surface area contributed by atoms with Gasteiger partial charge in [0.25, 0.3) is 0 Å². The van der Waals surface area contributed by atoms with E-state index in [1.807, 2.05) is 24.3 Å². The van der Waals surface area contributed by atoms with E-state index in [1.165, 1.54) is 12.8 Å². The zero-order chi connectivity index (χ0) is 25.3. The predicted molar refractivity (Wildman–Crippen MR) is 144 cm³/mol. The molecule has 2 heterocycles. The minimum absolute atomic E-state index is 0.0251. The SMILES string of the molecule is CCN1CCN(c2ccc(Nc3ncc(/C=C/c4cc(OC)cc(C(=O)COC)c4)cn3)cc2)CC1. The summed E-state index contributed by atoms with van der Waals surface area (Å²) in [7, 11) is 3.08. The average molecular weight is 488 g/mol. The molecule has 0 aliphatic carbocycles. The number of ketones is 1. The Kier molecular flexibility index (Phi) is 8.65. The maximum absolute atomic E-state index is 12.2. The molecule has 1 N–H and O–H groups in total. The molecular formula is C28H33N5O3. The van der Waals surface area contributed by atoms with Crippen LogP contribution in [0.25, 0.3) is 12.2 Å². The monoisotopic (exact) mass is 487 g/mol. The van der Waals surface area contributed by atoms with Gasteiger partial charge in [0, 0.05) is 68.2 Å². The van der Waals surface area contributed by atoms with Crippen LogP contribution in [0.5, 0.6) is 5.75 Å². The number of hydrogen-bond acceptors (Lipinski definition) is 8. The minimum atomic E-state index is -0.100. The fourth-order valence-electron chi connectivity index (χ4n) is 4.10. The summed E-state index contributed by atoms with van der Waals surface area (Å²) >= 11 is 0. The minimum Gasteiger partial charge on any atom is -0.497 e. The highest BCUT2D eigenvalue weighted by atomic mass is 16.5. The van der Waals surface area contributed by atoms with Crippen molar-refractivity contribution in [2.24, 2.45) is 0 Å². The summed E-state index contributed by atoms with van der Waals surface area (Å²) in [6.45, 7) is 7.68. The second-order valence-electron chi connectivity index (χ2n) is 8.62. The molecule has 1 aromatic heterocycles. The van der Waals surface area contributed by atoms with Crippen molar-refractivity contribution in [3.05, 3.63) is 71.5 Å². The van der Waals surface area contributed by atoms with Crippen LogP contribution in [0.3, 0.4) is 0 Å². The van der Waals surface area contributed by atoms with Gasteiger partial charge >= 0.3 is 0 Å². The van der Waals surface area contributed by atoms with Crippen molar-refractivity contribution in [2.45, 2.75) is 6.92 Å². The third-order valence-electron chi connectivity index (χ3n) is 6.21. The number of rotatable bonds is 10. The first-order valence-electron chi connectivity index (χ1n) is 12.1. The number of carbonyl (C=O) groups is 1. The Bertz CT molecular complexity index is 1170. The number of benzene rings is 2. The standard InChI is InChI=1S/C28H33N5O3/c1-4-32-11-13-33(14-12-32)25-9-7-24(8-10-25)31-28-29-18-22(19-30-28)6-5-21-15-23(27(34)20-35-2)17-26(16-21)36-3/h5-10,15-19H,4,11-14,20H2,1-3H3,(H,29,30,31)/b6-5+. The first-order valence-corrected chi connectivity index (χ1v) is 12.1. The van der Waals surface area contributed by atoms with Crippen LogP contribution in [-0.2, 0) is 4.74 Å². The van der Waals surface area contributed by atoms with E-state index in [4.69, 9.17) is 9.47 Å². The summed E-state index contributed by atoms with van der Waals surface area (Å²) < 4.78 is 10.3. The van der Waals surface area contributed by atoms with E-state index in [2.05, 4.69) is 56.3 Å². The summed E-state index contributed by atoms with van der Waals surface area (Å²) in [5.41, 5.74) is 4.41. The van der Waals surface area contributed by atoms with E-state index in [1.54, 1.807) is 25.6 Å². The Labute approximate surface area is 212 Å². The normalized spacial score (nSPS) is 14.2. The molecule has 8 heteroatoms. The number of ether oxygens (including phenoxy) is 2. The van der Waals surface area contributed by atoms with E-state index in [0.717, 1.165) is 49.5 Å². The number of nitrogens with one attached hydrogen (secondary N) is 1. The second kappa shape index (κ2) is 12.3. The molecule has 3 aromatic rings. The maximum atomic E-state index is 12.2. The van der Waals surface area contributed by atoms with Gasteiger partial charge in [0.15, 0.2) is 5.78 Å². The molecule has 36 heavy (non-hydrogen) atoms. The van der Waals surface area contributed by atoms with Gasteiger partial charge in [-0.05, 0) is 54.6 Å². The average Bonchev–Trinajstić information content (AvgIpc) is 2.93. The summed E-state index contributed by atoms with van der Waals surface area (Å²) in [6.07, 6.45) is 7.31. The Hall–Kier alpha value is -3.75. The molecule has 1 fully saturated rings. The molecule has 0 amide bonds. The molecule has 1 aliphatic rings. The van der Waals surface area contributed by atoms with Crippen LogP contribution in [0.1, 0.15) is 28.4 Å². The number of nitrogens with zero attached hydrogens (tertiary/aromatic N) is 4. The molecule has 8 nitrogen and oxygen atoms in total. The van der Waals surface area contributed by atoms with Crippen LogP contribution in [0.4, 0.5) is 17.3 Å². The molecule has 4 rings (SSSR count). The molecule has 1 saturated heterocycles. The first-order chi connectivity index (χ1) is 17.6. The number of piperazine rings is 1. The van der Waals surface area contributed by atoms with Crippen LogP contribution in [0.15, 0.2) is 54.9 Å². The fourth-order valence-corrected chi connectivity index (χ4v) is 4.10. The maximum Gasteiger partial charge on any atom is 0.227 e. The lowest BCUT2D eigenvalue weighted by Gasteiger charge is -2.35. The largest absolute Gasteiger partial charge is 0.497 e. The molecular weight excluding hydrogens is 454 g/mol. The summed E-state index contributed by atoms with van der Waals surface area (Å²) in [5.74, 6) is 1.05. The van der Waals surface area contributed by atoms with Crippen molar-refractivity contribution in [1.82, 2.24) is 14.9 Å². The van der Waals surface area contributed by atoms with Crippen molar-refractivity contribution in [3.63, 3.8) is 0 Å². The van der Waals surface area contributed by atoms with Crippen LogP contribution in [0, 0.1) is 0 Å². The number of aromatic nitrogens is 2. The van der Waals surface area contributed by atoms with Gasteiger partial charge in [-0.25, -0.2) is 9.97 Å². The number of hydrogen-bond donors (Lipinski definition) is 1. The Morgan fingerprint density at radius 1 is 0.972 bits per heavy atom. The van der Waals surface area contributed by atoms with Crippen molar-refractivity contribution in [3.8, 4) is 5.75 Å². The lowest BCUT2D eigenvalue weighted by atomic mass is 10.1. The van der Waals surface area contributed by atoms with Gasteiger partial charge in [0.2, 0.25) is 5.95 Å². The molecule has 0 spiro atoms. The number of Topliss-reactive ketones (excluding diaryl/α,β-unsaturated/α-hetero) is 1. The lowest BCUT2D eigenvalue weighted by Crippen LogP contribution is -2.46. The van der Waals surface area contributed by atoms with Gasteiger partial charge < -0.3 is 24.6 Å². The molecule has 0 unspecified atom stereocenters. The van der Waals surface area contributed by atoms with Crippen LogP contribution >= 0.6 is 0 Å². The van der Waals surface area contributed by atoms with Crippen LogP contribution in [0.2, 0.25) is 0 Å². The van der Waals surface area contributed by atoms with Gasteiger partial charge in [0.05, 0.1) is 7.11 Å². The third kappa shape index (κ3) is 6.68. The molecule has 188 valence electrons. The molecule has 0 bridgehead atoms. The molecule has 0 saturated carbocycles. The Morgan fingerprint density at radius 3 is 2.31 bits per heavy atom. The van der Waals surface area contributed by atoms with Gasteiger partial charge in [-0.1, -0.05) is 19.1 Å². The number of carbonyl (C=O) groups excluding carboxylic acids is 1. The summed E-state index contributed by atoms with van der Waals surface area (Å²) in [4.78, 5) is 26.0. The second-order valence-corrected chi connectivity index (χ2v) is 8.62. The molecule has 0 radical (unpaired) electrons. The van der Waals surface area contributed by atoms with Crippen molar-refractivity contribution >= 4 is 35.3 Å². The molecule has 1 aliphatic heterocycles. The molecule has 2 aromatic carbocycles. The van der Waals surface area contributed by atoms with Crippen molar-refractivity contribution in [1.29, 1.82) is 0 Å². The first kappa shape index (κ1) is 25.3. The highest BCUT2D eigenvalue weighted by Gasteiger charge is 2.15. The van der Waals surface area contributed by atoms with Gasteiger partial charge in [0.1, 0.15) is 12.4 Å². The zero-order valence-corrected chi connectivity index (χ0v) is 21.1. The Balaban J connectivity index is 1.37. The van der Waals surface area contributed by atoms with E-state index in [0.29, 0.717) is 17.3 Å². The fraction of sp³-hybridized carbons (Fsp3) is 0.321. The summed E-state index contributed by atoms with van der Waals surface area (Å²) in [6, 6.07) is 13.8. The number of anilines is 3. The van der Waals surface area contributed by atoms with Crippen LogP contribution in [-0.4, -0.2) is 74.2 Å². The summed E-state index contributed by atoms with van der Waals surface area (Å²) in [5, 5.41) is 3.26. The van der Waals surface area contributed by atoms with Gasteiger partial charge in [-0.3, -0.25) is 4.79 Å². The predicted octanol–water partition coefficient (Wildman–Crippen LogP) is 4.37. The van der Waals surface area contributed by atoms with Gasteiger partial charge in [-0.15, -0.1) is 0 Å². The number of likely N-dealkylation sites (N-methyl/N-ethyl adjacent to an activating group) is 1. The Morgan fingerprint density at radius 2 is 1.67 bits per heavy atom. The van der Waals surface area contributed by atoms with Crippen molar-refractivity contribution in [2.75, 3.05) is 63.8 Å².